The monoisotopic (exact) mass is 398 g/mol. The number of benzene rings is 1. The Morgan fingerprint density at radius 2 is 1.97 bits per heavy atom. The maximum Gasteiger partial charge on any atom is 0.323 e. The molecule has 0 aromatic heterocycles. The summed E-state index contributed by atoms with van der Waals surface area (Å²) in [4.78, 5) is 40.7. The number of para-hydroxylation sites is 1. The van der Waals surface area contributed by atoms with Crippen LogP contribution in [0.3, 0.4) is 0 Å². The second-order valence-corrected chi connectivity index (χ2v) is 8.74. The van der Waals surface area contributed by atoms with Gasteiger partial charge in [-0.3, -0.25) is 19.3 Å². The van der Waals surface area contributed by atoms with Gasteiger partial charge in [-0.2, -0.15) is 0 Å². The molecular formula is C22H26N2O5. The van der Waals surface area contributed by atoms with Gasteiger partial charge in [-0.05, 0) is 37.3 Å². The summed E-state index contributed by atoms with van der Waals surface area (Å²) in [5.41, 5.74) is 0.483. The van der Waals surface area contributed by atoms with Crippen molar-refractivity contribution in [3.8, 4) is 0 Å². The molecule has 3 fully saturated rings. The van der Waals surface area contributed by atoms with Crippen LogP contribution in [-0.2, 0) is 29.3 Å². The smallest absolute Gasteiger partial charge is 0.323 e. The number of ketones is 1. The first kappa shape index (κ1) is 18.8. The van der Waals surface area contributed by atoms with Crippen molar-refractivity contribution in [1.82, 2.24) is 4.90 Å². The summed E-state index contributed by atoms with van der Waals surface area (Å²) in [7, 11) is 3.07. The van der Waals surface area contributed by atoms with Crippen molar-refractivity contribution in [1.29, 1.82) is 0 Å². The molecule has 154 valence electrons. The Morgan fingerprint density at radius 1 is 1.17 bits per heavy atom. The molecule has 0 radical (unpaired) electrons. The Morgan fingerprint density at radius 3 is 2.72 bits per heavy atom. The molecule has 1 N–H and O–H groups in total. The number of carbonyl (C=O) groups excluding carboxylic acids is 3. The van der Waals surface area contributed by atoms with E-state index in [1.165, 1.54) is 7.11 Å². The Kier molecular flexibility index (Phi) is 4.12. The third-order valence-corrected chi connectivity index (χ3v) is 7.80. The Labute approximate surface area is 169 Å². The normalized spacial score (nSPS) is 38.3. The number of piperidine rings is 1. The minimum atomic E-state index is -0.810. The number of amides is 1. The van der Waals surface area contributed by atoms with Gasteiger partial charge in [0.15, 0.2) is 0 Å². The summed E-state index contributed by atoms with van der Waals surface area (Å²) in [5, 5.41) is 3.03. The standard InChI is InChI=1S/C22H26N2O5/c1-28-19(26)16-12-22(14-5-3-4-6-15(14)23-20(22)27)17-8-10-21(29-2)9-7-13(25)11-18(21)24(16)17/h3-6,16-18H,7-12H2,1-2H3,(H,23,27)/t16-,17-,18+,21-,22-/m0/s1. The van der Waals surface area contributed by atoms with Gasteiger partial charge in [-0.15, -0.1) is 0 Å². The summed E-state index contributed by atoms with van der Waals surface area (Å²) in [6.45, 7) is 0. The van der Waals surface area contributed by atoms with Gasteiger partial charge < -0.3 is 14.8 Å². The van der Waals surface area contributed by atoms with E-state index in [0.717, 1.165) is 24.1 Å². The molecule has 3 aliphatic heterocycles. The van der Waals surface area contributed by atoms with Crippen molar-refractivity contribution in [2.24, 2.45) is 0 Å². The fourth-order valence-electron chi connectivity index (χ4n) is 6.47. The molecule has 4 aliphatic rings. The van der Waals surface area contributed by atoms with Gasteiger partial charge in [0, 0.05) is 37.7 Å². The van der Waals surface area contributed by atoms with Gasteiger partial charge in [-0.25, -0.2) is 0 Å². The fraction of sp³-hybridized carbons (Fsp3) is 0.591. The Hall–Kier alpha value is -2.25. The number of methoxy groups -OCH3 is 2. The second-order valence-electron chi connectivity index (χ2n) is 8.74. The number of ether oxygens (including phenoxy) is 2. The van der Waals surface area contributed by atoms with Gasteiger partial charge in [0.1, 0.15) is 11.8 Å². The number of nitrogens with zero attached hydrogens (tertiary/aromatic N) is 1. The number of esters is 1. The SMILES string of the molecule is COC(=O)[C@@H]1C[C@@]2(C(=O)Nc3ccccc32)[C@@H]2CC[C@@]3(OC)CCC(=O)C[C@H]3N21. The minimum Gasteiger partial charge on any atom is -0.468 e. The number of hydrogen-bond acceptors (Lipinski definition) is 6. The highest BCUT2D eigenvalue weighted by molar-refractivity contribution is 6.08. The number of carbonyl (C=O) groups is 3. The zero-order valence-corrected chi connectivity index (χ0v) is 16.8. The minimum absolute atomic E-state index is 0.0628. The lowest BCUT2D eigenvalue weighted by molar-refractivity contribution is -0.170. The number of fused-ring (bicyclic) bond motifs is 6. The summed E-state index contributed by atoms with van der Waals surface area (Å²) in [5.74, 6) is -0.231. The van der Waals surface area contributed by atoms with Crippen LogP contribution in [0.5, 0.6) is 0 Å². The predicted octanol–water partition coefficient (Wildman–Crippen LogP) is 1.79. The zero-order valence-electron chi connectivity index (χ0n) is 16.8. The first-order chi connectivity index (χ1) is 14.0. The molecular weight excluding hydrogens is 372 g/mol. The highest BCUT2D eigenvalue weighted by Gasteiger charge is 2.68. The van der Waals surface area contributed by atoms with E-state index in [-0.39, 0.29) is 29.7 Å². The number of hydrogen-bond donors (Lipinski definition) is 1. The van der Waals surface area contributed by atoms with Crippen molar-refractivity contribution in [2.75, 3.05) is 19.5 Å². The van der Waals surface area contributed by atoms with Crippen LogP contribution >= 0.6 is 0 Å². The van der Waals surface area contributed by atoms with Gasteiger partial charge in [0.2, 0.25) is 5.91 Å². The topological polar surface area (TPSA) is 84.9 Å². The fourth-order valence-corrected chi connectivity index (χ4v) is 6.47. The average Bonchev–Trinajstić information content (AvgIpc) is 3.24. The molecule has 3 heterocycles. The van der Waals surface area contributed by atoms with Crippen LogP contribution in [0.25, 0.3) is 0 Å². The lowest BCUT2D eigenvalue weighted by Gasteiger charge is -2.54. The predicted molar refractivity (Wildman–Crippen MR) is 104 cm³/mol. The lowest BCUT2D eigenvalue weighted by atomic mass is 9.67. The molecule has 1 aromatic rings. The van der Waals surface area contributed by atoms with Crippen molar-refractivity contribution < 1.29 is 23.9 Å². The third kappa shape index (κ3) is 2.34. The largest absolute Gasteiger partial charge is 0.468 e. The van der Waals surface area contributed by atoms with Crippen molar-refractivity contribution in [3.63, 3.8) is 0 Å². The first-order valence-corrected chi connectivity index (χ1v) is 10.3. The van der Waals surface area contributed by atoms with E-state index in [9.17, 15) is 14.4 Å². The number of nitrogens with one attached hydrogen (secondary N) is 1. The van der Waals surface area contributed by atoms with Crippen molar-refractivity contribution >= 4 is 23.3 Å². The number of rotatable bonds is 2. The molecule has 0 bridgehead atoms. The maximum atomic E-state index is 13.4. The van der Waals surface area contributed by atoms with E-state index in [2.05, 4.69) is 10.2 Å². The van der Waals surface area contributed by atoms with Gasteiger partial charge in [-0.1, -0.05) is 18.2 Å². The molecule has 5 rings (SSSR count). The van der Waals surface area contributed by atoms with Crippen LogP contribution in [0.2, 0.25) is 0 Å². The van der Waals surface area contributed by atoms with Crippen molar-refractivity contribution in [3.05, 3.63) is 29.8 Å². The summed E-state index contributed by atoms with van der Waals surface area (Å²) >= 11 is 0. The van der Waals surface area contributed by atoms with E-state index in [1.54, 1.807) is 7.11 Å². The summed E-state index contributed by atoms with van der Waals surface area (Å²) in [6.07, 6.45) is 3.36. The molecule has 7 heteroatoms. The molecule has 1 saturated carbocycles. The Balaban J connectivity index is 1.66. The van der Waals surface area contributed by atoms with Crippen LogP contribution in [0.15, 0.2) is 24.3 Å². The molecule has 1 spiro atoms. The number of anilines is 1. The van der Waals surface area contributed by atoms with Crippen LogP contribution in [0.4, 0.5) is 5.69 Å². The average molecular weight is 398 g/mol. The Bertz CT molecular complexity index is 901. The van der Waals surface area contributed by atoms with E-state index in [1.807, 2.05) is 24.3 Å². The van der Waals surface area contributed by atoms with Crippen LogP contribution in [0.1, 0.15) is 44.1 Å². The quantitative estimate of drug-likeness (QED) is 0.765. The van der Waals surface area contributed by atoms with Gasteiger partial charge in [0.05, 0.1) is 18.1 Å². The summed E-state index contributed by atoms with van der Waals surface area (Å²) in [6, 6.07) is 6.75. The molecule has 0 unspecified atom stereocenters. The molecule has 7 nitrogen and oxygen atoms in total. The lowest BCUT2D eigenvalue weighted by Crippen LogP contribution is -2.66. The molecule has 1 amide bonds. The second kappa shape index (κ2) is 6.37. The summed E-state index contributed by atoms with van der Waals surface area (Å²) < 4.78 is 11.1. The first-order valence-electron chi connectivity index (χ1n) is 10.3. The highest BCUT2D eigenvalue weighted by atomic mass is 16.5. The van der Waals surface area contributed by atoms with Gasteiger partial charge >= 0.3 is 5.97 Å². The van der Waals surface area contributed by atoms with Gasteiger partial charge in [0.25, 0.3) is 0 Å². The van der Waals surface area contributed by atoms with E-state index < -0.39 is 17.1 Å². The third-order valence-electron chi connectivity index (χ3n) is 7.80. The van der Waals surface area contributed by atoms with E-state index in [4.69, 9.17) is 9.47 Å². The molecule has 2 saturated heterocycles. The van der Waals surface area contributed by atoms with Crippen LogP contribution in [-0.4, -0.2) is 60.5 Å². The van der Waals surface area contributed by atoms with Crippen LogP contribution < -0.4 is 5.32 Å². The zero-order chi connectivity index (χ0) is 20.4. The van der Waals surface area contributed by atoms with Crippen LogP contribution in [0, 0.1) is 0 Å². The molecule has 1 aliphatic carbocycles. The molecule has 1 aromatic carbocycles. The molecule has 29 heavy (non-hydrogen) atoms. The molecule has 5 atom stereocenters. The number of Topliss-reactive ketones (excluding diaryl/α,β-unsaturated/α-hetero) is 1. The van der Waals surface area contributed by atoms with Crippen molar-refractivity contribution in [2.45, 2.75) is 67.7 Å². The van der Waals surface area contributed by atoms with E-state index in [0.29, 0.717) is 25.7 Å². The maximum absolute atomic E-state index is 13.4. The van der Waals surface area contributed by atoms with E-state index >= 15 is 0 Å². The highest BCUT2D eigenvalue weighted by Crippen LogP contribution is 2.57.